The number of nitro groups is 3. The molecule has 0 aromatic rings. The van der Waals surface area contributed by atoms with Gasteiger partial charge in [-0.15, -0.1) is 0 Å². The molecule has 0 aromatic carbocycles. The Kier molecular flexibility index (Phi) is 9.62. The molecule has 0 rings (SSSR count). The van der Waals surface area contributed by atoms with Gasteiger partial charge >= 0.3 is 11.8 Å². The fraction of sp³-hybridized carbons (Fsp3) is 0.889. The lowest BCUT2D eigenvalue weighted by molar-refractivity contribution is -0.970. The predicted molar refractivity (Wildman–Crippen MR) is 88.4 cm³/mol. The summed E-state index contributed by atoms with van der Waals surface area (Å²) < 4.78 is 4.78. The van der Waals surface area contributed by atoms with E-state index in [9.17, 15) is 35.1 Å². The molecule has 29 heavy (non-hydrogen) atoms. The van der Waals surface area contributed by atoms with Crippen LogP contribution in [0.2, 0.25) is 0 Å². The van der Waals surface area contributed by atoms with Crippen LogP contribution in [0.15, 0.2) is 15.3 Å². The van der Waals surface area contributed by atoms with Gasteiger partial charge in [-0.25, -0.2) is 0 Å². The minimum absolute atomic E-state index is 0.447. The standard InChI is InChI=1S/C9H12N12O8/c10-16-13-3-8(4-14-17-11,5-15-18-12)6-29-7(22)1-2-9(19(23)24,20(25)26)21(27)28/h1-6H2. The van der Waals surface area contributed by atoms with E-state index in [0.29, 0.717) is 0 Å². The van der Waals surface area contributed by atoms with Gasteiger partial charge in [-0.1, -0.05) is 15.3 Å². The normalized spacial score (nSPS) is 12.1. The smallest absolute Gasteiger partial charge is 0.465 e. The van der Waals surface area contributed by atoms with E-state index in [1.54, 1.807) is 0 Å². The van der Waals surface area contributed by atoms with Crippen LogP contribution >= 0.6 is 0 Å². The minimum atomic E-state index is -3.84. The Labute approximate surface area is 158 Å². The molecular formula is C9H12N12O8. The van der Waals surface area contributed by atoms with Crippen molar-refractivity contribution in [2.75, 3.05) is 26.2 Å². The SMILES string of the molecule is [N-]=[N+]=NCC(CN=[N+]=[N-])(CN=[N+]=[N-])COC(=O)CCC([N+](=O)[O-])([N+](=O)[O-])[N+](=O)[O-]. The molecule has 0 aliphatic heterocycles. The van der Waals surface area contributed by atoms with Crippen molar-refractivity contribution in [3.8, 4) is 0 Å². The van der Waals surface area contributed by atoms with Crippen LogP contribution in [-0.4, -0.2) is 52.8 Å². The van der Waals surface area contributed by atoms with Crippen LogP contribution in [0.4, 0.5) is 0 Å². The van der Waals surface area contributed by atoms with Crippen LogP contribution in [0.3, 0.4) is 0 Å². The van der Waals surface area contributed by atoms with Crippen LogP contribution in [0.1, 0.15) is 12.8 Å². The number of carbonyl (C=O) groups excluding carboxylic acids is 1. The van der Waals surface area contributed by atoms with Crippen LogP contribution in [0.25, 0.3) is 31.3 Å². The van der Waals surface area contributed by atoms with Gasteiger partial charge in [-0.2, -0.15) is 0 Å². The summed E-state index contributed by atoms with van der Waals surface area (Å²) in [4.78, 5) is 46.5. The van der Waals surface area contributed by atoms with Crippen molar-refractivity contribution in [2.45, 2.75) is 18.6 Å². The van der Waals surface area contributed by atoms with Crippen molar-refractivity contribution in [3.05, 3.63) is 61.7 Å². The monoisotopic (exact) mass is 416 g/mol. The van der Waals surface area contributed by atoms with Crippen molar-refractivity contribution in [1.82, 2.24) is 0 Å². The number of hydrogen-bond acceptors (Lipinski definition) is 11. The van der Waals surface area contributed by atoms with Gasteiger partial charge in [0.2, 0.25) is 0 Å². The summed E-state index contributed by atoms with van der Waals surface area (Å²) in [6.45, 7) is -2.02. The van der Waals surface area contributed by atoms with E-state index in [0.717, 1.165) is 0 Å². The van der Waals surface area contributed by atoms with E-state index in [1.165, 1.54) is 0 Å². The summed E-state index contributed by atoms with van der Waals surface area (Å²) >= 11 is 0. The molecule has 20 heteroatoms. The van der Waals surface area contributed by atoms with Gasteiger partial charge in [-0.05, 0) is 16.6 Å². The van der Waals surface area contributed by atoms with Crippen molar-refractivity contribution < 1.29 is 24.3 Å². The molecule has 0 radical (unpaired) electrons. The second-order valence-electron chi connectivity index (χ2n) is 5.37. The number of hydrogen-bond donors (Lipinski definition) is 0. The summed E-state index contributed by atoms with van der Waals surface area (Å²) in [7, 11) is 0. The van der Waals surface area contributed by atoms with E-state index in [1.807, 2.05) is 0 Å². The molecule has 0 saturated heterocycles. The first-order valence-corrected chi connectivity index (χ1v) is 7.23. The molecule has 0 bridgehead atoms. The van der Waals surface area contributed by atoms with E-state index in [2.05, 4.69) is 30.1 Å². The predicted octanol–water partition coefficient (Wildman–Crippen LogP) is 1.71. The molecule has 0 amide bonds. The quantitative estimate of drug-likeness (QED) is 0.0760. The zero-order chi connectivity index (χ0) is 22.5. The van der Waals surface area contributed by atoms with Crippen molar-refractivity contribution >= 4 is 5.97 Å². The maximum Gasteiger partial charge on any atom is 0.700 e. The Morgan fingerprint density at radius 1 is 0.862 bits per heavy atom. The Morgan fingerprint density at radius 3 is 1.55 bits per heavy atom. The van der Waals surface area contributed by atoms with Crippen LogP contribution in [0, 0.1) is 35.8 Å². The molecule has 0 fully saturated rings. The van der Waals surface area contributed by atoms with Crippen LogP contribution in [0.5, 0.6) is 0 Å². The van der Waals surface area contributed by atoms with Gasteiger partial charge in [-0.3, -0.25) is 35.1 Å². The minimum Gasteiger partial charge on any atom is -0.465 e. The van der Waals surface area contributed by atoms with E-state index >= 15 is 0 Å². The third-order valence-electron chi connectivity index (χ3n) is 3.49. The molecule has 0 aliphatic carbocycles. The van der Waals surface area contributed by atoms with Gasteiger partial charge in [0.05, 0.1) is 13.0 Å². The first-order chi connectivity index (χ1) is 13.6. The third kappa shape index (κ3) is 6.68. The van der Waals surface area contributed by atoms with Gasteiger partial charge in [0.15, 0.2) is 21.2 Å². The second-order valence-corrected chi connectivity index (χ2v) is 5.37. The first kappa shape index (κ1) is 24.6. The fourth-order valence-corrected chi connectivity index (χ4v) is 1.88. The topological polar surface area (TPSA) is 302 Å². The first-order valence-electron chi connectivity index (χ1n) is 7.23. The molecule has 0 N–H and O–H groups in total. The summed E-state index contributed by atoms with van der Waals surface area (Å²) in [5.74, 6) is -5.13. The Balaban J connectivity index is 5.40. The Bertz CT molecular complexity index is 722. The van der Waals surface area contributed by atoms with Gasteiger partial charge < -0.3 is 4.74 Å². The molecule has 0 unspecified atom stereocenters. The second kappa shape index (κ2) is 11.3. The van der Waals surface area contributed by atoms with E-state index in [4.69, 9.17) is 21.3 Å². The van der Waals surface area contributed by atoms with Gasteiger partial charge in [0.1, 0.15) is 0 Å². The lowest BCUT2D eigenvalue weighted by Gasteiger charge is -2.28. The zero-order valence-corrected chi connectivity index (χ0v) is 14.4. The maximum absolute atomic E-state index is 11.8. The fourth-order valence-electron chi connectivity index (χ4n) is 1.88. The van der Waals surface area contributed by atoms with E-state index in [-0.39, 0.29) is 0 Å². The average molecular weight is 416 g/mol. The molecule has 0 atom stereocenters. The number of carbonyl (C=O) groups is 1. The largest absolute Gasteiger partial charge is 0.700 e. The van der Waals surface area contributed by atoms with E-state index < -0.39 is 71.0 Å². The van der Waals surface area contributed by atoms with Crippen molar-refractivity contribution in [2.24, 2.45) is 20.8 Å². The highest BCUT2D eigenvalue weighted by Gasteiger charge is 2.69. The molecule has 20 nitrogen and oxygen atoms in total. The highest BCUT2D eigenvalue weighted by Crippen LogP contribution is 2.23. The number of esters is 1. The molecule has 0 aliphatic rings. The highest BCUT2D eigenvalue weighted by molar-refractivity contribution is 5.69. The van der Waals surface area contributed by atoms with Crippen LogP contribution < -0.4 is 0 Å². The number of ether oxygens (including phenoxy) is 1. The van der Waals surface area contributed by atoms with Gasteiger partial charge in [0, 0.05) is 39.8 Å². The summed E-state index contributed by atoms with van der Waals surface area (Å²) in [6.07, 6.45) is -2.49. The van der Waals surface area contributed by atoms with Crippen LogP contribution in [-0.2, 0) is 9.53 Å². The molecule has 0 spiro atoms. The maximum atomic E-state index is 11.8. The number of rotatable bonds is 14. The number of nitrogens with zero attached hydrogens (tertiary/aromatic N) is 12. The molecule has 0 saturated carbocycles. The Hall–Kier alpha value is -4.40. The lowest BCUT2D eigenvalue weighted by atomic mass is 9.89. The summed E-state index contributed by atoms with van der Waals surface area (Å²) in [6, 6.07) is 0. The molecule has 0 heterocycles. The highest BCUT2D eigenvalue weighted by atomic mass is 16.7. The lowest BCUT2D eigenvalue weighted by Crippen LogP contribution is -2.53. The summed E-state index contributed by atoms with van der Waals surface area (Å²) in [5, 5.41) is 42.2. The summed E-state index contributed by atoms with van der Waals surface area (Å²) in [5.41, 5.74) is 23.9. The van der Waals surface area contributed by atoms with Crippen molar-refractivity contribution in [1.29, 1.82) is 0 Å². The molecule has 156 valence electrons. The third-order valence-corrected chi connectivity index (χ3v) is 3.49. The molecule has 0 aromatic heterocycles. The van der Waals surface area contributed by atoms with Crippen molar-refractivity contribution in [3.63, 3.8) is 0 Å². The number of azide groups is 3. The Morgan fingerprint density at radius 2 is 1.24 bits per heavy atom. The zero-order valence-electron chi connectivity index (χ0n) is 14.4. The van der Waals surface area contributed by atoms with Gasteiger partial charge in [0.25, 0.3) is 0 Å². The average Bonchev–Trinajstić information content (AvgIpc) is 2.66. The molecular weight excluding hydrogens is 404 g/mol.